The average Bonchev–Trinajstić information content (AvgIpc) is 3.77. The Morgan fingerprint density at radius 3 is 2.03 bits per heavy atom. The van der Waals surface area contributed by atoms with Crippen molar-refractivity contribution < 1.29 is 52.7 Å². The number of hydrogen-bond acceptors (Lipinski definition) is 15. The summed E-state index contributed by atoms with van der Waals surface area (Å²) in [6.45, 7) is 2.57. The molecular formula is C40H61N13O11S2. The molecule has 2 aliphatic rings. The van der Waals surface area contributed by atoms with E-state index in [0.717, 1.165) is 21.6 Å². The topological polar surface area (TPSA) is 405 Å². The first-order chi connectivity index (χ1) is 31.2. The number of benzene rings is 1. The summed E-state index contributed by atoms with van der Waals surface area (Å²) in [5.74, 6) is -10.3. The van der Waals surface area contributed by atoms with E-state index in [4.69, 9.17) is 28.7 Å². The van der Waals surface area contributed by atoms with Crippen molar-refractivity contribution in [3.8, 4) is 0 Å². The zero-order valence-corrected chi connectivity index (χ0v) is 38.3. The quantitative estimate of drug-likeness (QED) is 0.0688. The molecule has 1 aromatic rings. The Labute approximate surface area is 389 Å². The third kappa shape index (κ3) is 17.1. The lowest BCUT2D eigenvalue weighted by molar-refractivity contribution is -0.142. The second kappa shape index (κ2) is 26.8. The van der Waals surface area contributed by atoms with Crippen molar-refractivity contribution in [2.45, 2.75) is 107 Å². The zero-order valence-electron chi connectivity index (χ0n) is 36.7. The standard InChI is InChI=1S/C40H61N13O11S2/c1-3-20(2)32-39(63)47-23(11-12-29(43)54)35(59)49-25(15-30(44)55)36(60)51-27(40(64)53-13-7-10-28(53)38(62)50-26(16-41)34(58)46-17-31(45)56)19-66-65-18-22(42)33(57)48-24(37(61)52-32)14-21-8-5-4-6-9-21/h4-6,8-9,20,22-28,32H,3,7,10-19,41-42H2,1-2H3,(H2,43,54)(H2,44,55)(H2,45,56)(H,46,58)(H,47,63)(H,48,57)(H,49,59)(H,50,62)(H,51,60)(H,52,61)/t20-,22-,23-,24-,25-,26-,27-,28-,32-/m0/s1. The molecule has 0 bridgehead atoms. The van der Waals surface area contributed by atoms with Crippen LogP contribution in [0, 0.1) is 5.92 Å². The first-order valence-corrected chi connectivity index (χ1v) is 23.7. The molecule has 1 aromatic carbocycles. The minimum absolute atomic E-state index is 0.00113. The number of carbonyl (C=O) groups excluding carboxylic acids is 11. The highest BCUT2D eigenvalue weighted by Gasteiger charge is 2.40. The average molecular weight is 964 g/mol. The summed E-state index contributed by atoms with van der Waals surface area (Å²) in [6, 6.07) is -2.21. The van der Waals surface area contributed by atoms with Crippen molar-refractivity contribution in [1.29, 1.82) is 0 Å². The van der Waals surface area contributed by atoms with Crippen LogP contribution in [-0.4, -0.2) is 149 Å². The Morgan fingerprint density at radius 2 is 1.41 bits per heavy atom. The monoisotopic (exact) mass is 963 g/mol. The fourth-order valence-corrected chi connectivity index (χ4v) is 9.13. The normalized spacial score (nSPS) is 24.8. The number of amides is 11. The molecule has 2 aliphatic heterocycles. The Balaban J connectivity index is 2.03. The van der Waals surface area contributed by atoms with Crippen LogP contribution in [-0.2, 0) is 59.2 Å². The molecule has 66 heavy (non-hydrogen) atoms. The SMILES string of the molecule is CC[C@H](C)[C@@H]1NC(=O)[C@H](Cc2ccccc2)NC(=O)[C@@H](N)CSSC[C@@H](C(=O)N2CCC[C@H]2C(=O)N[C@@H](CN)C(=O)NCC(N)=O)NC(=O)[C@H](CC(N)=O)NC(=O)[C@H](CCC(N)=O)NC1=O. The van der Waals surface area contributed by atoms with Gasteiger partial charge in [-0.15, -0.1) is 0 Å². The molecule has 0 aliphatic carbocycles. The van der Waals surface area contributed by atoms with Gasteiger partial charge < -0.3 is 70.8 Å². The molecule has 0 radical (unpaired) electrons. The van der Waals surface area contributed by atoms with Gasteiger partial charge in [0.1, 0.15) is 42.3 Å². The van der Waals surface area contributed by atoms with Crippen LogP contribution in [0.3, 0.4) is 0 Å². The third-order valence-corrected chi connectivity index (χ3v) is 13.2. The van der Waals surface area contributed by atoms with Crippen LogP contribution in [0.1, 0.15) is 57.9 Å². The summed E-state index contributed by atoms with van der Waals surface area (Å²) in [5, 5.41) is 17.6. The van der Waals surface area contributed by atoms with E-state index in [2.05, 4.69) is 37.2 Å². The molecule has 364 valence electrons. The molecule has 17 N–H and O–H groups in total. The van der Waals surface area contributed by atoms with Crippen molar-refractivity contribution in [3.05, 3.63) is 35.9 Å². The second-order valence-corrected chi connectivity index (χ2v) is 18.4. The largest absolute Gasteiger partial charge is 0.370 e. The third-order valence-electron chi connectivity index (χ3n) is 10.7. The van der Waals surface area contributed by atoms with E-state index in [9.17, 15) is 52.7 Å². The van der Waals surface area contributed by atoms with Crippen LogP contribution in [0.4, 0.5) is 0 Å². The molecule has 0 unspecified atom stereocenters. The molecule has 26 heteroatoms. The lowest BCUT2D eigenvalue weighted by atomic mass is 9.96. The molecule has 2 saturated heterocycles. The number of nitrogens with zero attached hydrogens (tertiary/aromatic N) is 1. The minimum atomic E-state index is -1.75. The maximum atomic E-state index is 14.4. The molecule has 11 amide bonds. The summed E-state index contributed by atoms with van der Waals surface area (Å²) < 4.78 is 0. The van der Waals surface area contributed by atoms with Crippen LogP contribution in [0.15, 0.2) is 30.3 Å². The van der Waals surface area contributed by atoms with Crippen LogP contribution in [0.25, 0.3) is 0 Å². The minimum Gasteiger partial charge on any atom is -0.370 e. The van der Waals surface area contributed by atoms with Gasteiger partial charge in [-0.1, -0.05) is 72.2 Å². The molecule has 0 spiro atoms. The predicted molar refractivity (Wildman–Crippen MR) is 242 cm³/mol. The van der Waals surface area contributed by atoms with Gasteiger partial charge in [-0.25, -0.2) is 0 Å². The van der Waals surface area contributed by atoms with Gasteiger partial charge in [0.15, 0.2) is 0 Å². The Bertz CT molecular complexity index is 1950. The molecule has 24 nitrogen and oxygen atoms in total. The summed E-state index contributed by atoms with van der Waals surface area (Å²) in [5.41, 5.74) is 28.7. The number of nitrogens with two attached hydrogens (primary N) is 5. The maximum Gasteiger partial charge on any atom is 0.246 e. The fraction of sp³-hybridized carbons (Fsp3) is 0.575. The van der Waals surface area contributed by atoms with E-state index in [1.807, 2.05) is 0 Å². The molecule has 0 aromatic heterocycles. The number of hydrogen-bond donors (Lipinski definition) is 12. The number of primary amides is 3. The van der Waals surface area contributed by atoms with Gasteiger partial charge in [0.05, 0.1) is 19.0 Å². The Hall–Kier alpha value is -5.99. The molecule has 3 rings (SSSR count). The smallest absolute Gasteiger partial charge is 0.246 e. The zero-order chi connectivity index (χ0) is 49.1. The van der Waals surface area contributed by atoms with Gasteiger partial charge in [-0.2, -0.15) is 0 Å². The van der Waals surface area contributed by atoms with Gasteiger partial charge in [-0.05, 0) is 30.7 Å². The van der Waals surface area contributed by atoms with Crippen LogP contribution < -0.4 is 65.9 Å². The van der Waals surface area contributed by atoms with E-state index in [1.54, 1.807) is 44.2 Å². The highest BCUT2D eigenvalue weighted by molar-refractivity contribution is 8.76. The highest BCUT2D eigenvalue weighted by atomic mass is 33.1. The van der Waals surface area contributed by atoms with Gasteiger partial charge in [0, 0.05) is 37.4 Å². The molecule has 2 fully saturated rings. The Morgan fingerprint density at radius 1 is 0.788 bits per heavy atom. The number of rotatable bonds is 16. The fourth-order valence-electron chi connectivity index (χ4n) is 6.85. The van der Waals surface area contributed by atoms with Crippen molar-refractivity contribution in [2.24, 2.45) is 34.6 Å². The number of nitrogens with one attached hydrogen (secondary N) is 7. The summed E-state index contributed by atoms with van der Waals surface area (Å²) in [4.78, 5) is 147. The van der Waals surface area contributed by atoms with Crippen molar-refractivity contribution >= 4 is 86.6 Å². The van der Waals surface area contributed by atoms with E-state index >= 15 is 0 Å². The molecule has 0 saturated carbocycles. The van der Waals surface area contributed by atoms with E-state index in [-0.39, 0.29) is 43.9 Å². The van der Waals surface area contributed by atoms with Crippen molar-refractivity contribution in [2.75, 3.05) is 31.1 Å². The maximum absolute atomic E-state index is 14.4. The highest BCUT2D eigenvalue weighted by Crippen LogP contribution is 2.26. The predicted octanol–water partition coefficient (Wildman–Crippen LogP) is -5.40. The van der Waals surface area contributed by atoms with Crippen LogP contribution in [0.2, 0.25) is 0 Å². The van der Waals surface area contributed by atoms with Crippen molar-refractivity contribution in [3.63, 3.8) is 0 Å². The Kier molecular flexibility index (Phi) is 22.1. The lowest BCUT2D eigenvalue weighted by Gasteiger charge is -2.31. The van der Waals surface area contributed by atoms with Gasteiger partial charge in [-0.3, -0.25) is 52.7 Å². The van der Waals surface area contributed by atoms with Gasteiger partial charge >= 0.3 is 0 Å². The molecular weight excluding hydrogens is 903 g/mol. The first kappa shape index (κ1) is 54.3. The number of carbonyl (C=O) groups is 11. The van der Waals surface area contributed by atoms with Gasteiger partial charge in [0.2, 0.25) is 65.0 Å². The lowest BCUT2D eigenvalue weighted by Crippen LogP contribution is -2.62. The summed E-state index contributed by atoms with van der Waals surface area (Å²) in [7, 11) is 2.06. The summed E-state index contributed by atoms with van der Waals surface area (Å²) >= 11 is 0. The molecule has 9 atom stereocenters. The first-order valence-electron chi connectivity index (χ1n) is 21.2. The van der Waals surface area contributed by atoms with Crippen LogP contribution in [0.5, 0.6) is 0 Å². The van der Waals surface area contributed by atoms with E-state index in [1.165, 1.54) is 4.90 Å². The molecule has 2 heterocycles. The van der Waals surface area contributed by atoms with Crippen LogP contribution >= 0.6 is 21.6 Å². The van der Waals surface area contributed by atoms with Gasteiger partial charge in [0.25, 0.3) is 0 Å². The van der Waals surface area contributed by atoms with E-state index in [0.29, 0.717) is 18.4 Å². The van der Waals surface area contributed by atoms with Crippen molar-refractivity contribution in [1.82, 2.24) is 42.1 Å². The summed E-state index contributed by atoms with van der Waals surface area (Å²) in [6.07, 6.45) is -0.754. The second-order valence-electron chi connectivity index (χ2n) is 15.8. The van der Waals surface area contributed by atoms with E-state index < -0.39 is 139 Å². The number of likely N-dealkylation sites (tertiary alicyclic amines) is 1.